The zero-order chi connectivity index (χ0) is 9.30. The van der Waals surface area contributed by atoms with Gasteiger partial charge < -0.3 is 25.4 Å². The van der Waals surface area contributed by atoms with E-state index in [1.165, 1.54) is 6.92 Å². The van der Waals surface area contributed by atoms with Gasteiger partial charge in [-0.05, 0) is 14.0 Å². The number of hydrogen-bond acceptors (Lipinski definition) is 5. The number of aliphatic hydroxyl groups excluding tert-OH is 3. The van der Waals surface area contributed by atoms with E-state index in [1.807, 2.05) is 0 Å². The third kappa shape index (κ3) is 1.60. The van der Waals surface area contributed by atoms with Gasteiger partial charge in [-0.25, -0.2) is 0 Å². The van der Waals surface area contributed by atoms with E-state index in [0.29, 0.717) is 0 Å². The van der Waals surface area contributed by atoms with Crippen LogP contribution in [0, 0.1) is 0 Å². The van der Waals surface area contributed by atoms with Gasteiger partial charge in [0.05, 0.1) is 12.1 Å². The van der Waals surface area contributed by atoms with Crippen LogP contribution in [0.3, 0.4) is 0 Å². The highest BCUT2D eigenvalue weighted by Crippen LogP contribution is 2.21. The van der Waals surface area contributed by atoms with Gasteiger partial charge in [0, 0.05) is 0 Å². The van der Waals surface area contributed by atoms with Gasteiger partial charge in [-0.15, -0.1) is 0 Å². The van der Waals surface area contributed by atoms with Crippen LogP contribution in [0.15, 0.2) is 0 Å². The van der Waals surface area contributed by atoms with Crippen molar-refractivity contribution < 1.29 is 20.1 Å². The van der Waals surface area contributed by atoms with Crippen molar-refractivity contribution in [3.05, 3.63) is 0 Å². The Labute approximate surface area is 71.0 Å². The van der Waals surface area contributed by atoms with Crippen molar-refractivity contribution in [3.63, 3.8) is 0 Å². The maximum atomic E-state index is 9.48. The van der Waals surface area contributed by atoms with E-state index in [9.17, 15) is 10.2 Å². The van der Waals surface area contributed by atoms with Crippen LogP contribution in [0.2, 0.25) is 0 Å². The predicted molar refractivity (Wildman–Crippen MR) is 41.4 cm³/mol. The fourth-order valence-electron chi connectivity index (χ4n) is 1.41. The molecular weight excluding hydrogens is 162 g/mol. The normalized spacial score (nSPS) is 44.8. The van der Waals surface area contributed by atoms with E-state index >= 15 is 0 Å². The van der Waals surface area contributed by atoms with E-state index in [1.54, 1.807) is 7.05 Å². The molecule has 12 heavy (non-hydrogen) atoms. The maximum Gasteiger partial charge on any atom is 0.173 e. The lowest BCUT2D eigenvalue weighted by atomic mass is 10.1. The molecule has 5 unspecified atom stereocenters. The summed E-state index contributed by atoms with van der Waals surface area (Å²) in [6.07, 6.45) is -3.42. The molecule has 1 saturated heterocycles. The van der Waals surface area contributed by atoms with Crippen molar-refractivity contribution in [2.75, 3.05) is 7.05 Å². The molecule has 1 rings (SSSR count). The predicted octanol–water partition coefficient (Wildman–Crippen LogP) is -1.97. The van der Waals surface area contributed by atoms with Crippen LogP contribution in [0.25, 0.3) is 0 Å². The van der Waals surface area contributed by atoms with E-state index in [-0.39, 0.29) is 0 Å². The van der Waals surface area contributed by atoms with Crippen LogP contribution in [0.4, 0.5) is 0 Å². The summed E-state index contributed by atoms with van der Waals surface area (Å²) in [5.41, 5.74) is 0. The van der Waals surface area contributed by atoms with Crippen molar-refractivity contribution in [2.45, 2.75) is 37.6 Å². The van der Waals surface area contributed by atoms with Crippen molar-refractivity contribution in [2.24, 2.45) is 0 Å². The van der Waals surface area contributed by atoms with Crippen LogP contribution >= 0.6 is 0 Å². The molecule has 0 aromatic rings. The second-order valence-corrected chi connectivity index (χ2v) is 3.04. The lowest BCUT2D eigenvalue weighted by Gasteiger charge is -2.18. The first-order chi connectivity index (χ1) is 5.57. The molecule has 1 aliphatic heterocycles. The Morgan fingerprint density at radius 2 is 2.00 bits per heavy atom. The number of aliphatic hydroxyl groups is 3. The average molecular weight is 177 g/mol. The molecule has 0 spiro atoms. The summed E-state index contributed by atoms with van der Waals surface area (Å²) in [7, 11) is 1.62. The topological polar surface area (TPSA) is 82.0 Å². The van der Waals surface area contributed by atoms with Gasteiger partial charge in [-0.1, -0.05) is 0 Å². The quantitative estimate of drug-likeness (QED) is 0.393. The molecule has 0 saturated carbocycles. The van der Waals surface area contributed by atoms with Crippen LogP contribution < -0.4 is 5.32 Å². The number of hydrogen-bond donors (Lipinski definition) is 4. The van der Waals surface area contributed by atoms with Gasteiger partial charge in [0.1, 0.15) is 12.2 Å². The molecule has 72 valence electrons. The third-order valence-electron chi connectivity index (χ3n) is 2.12. The van der Waals surface area contributed by atoms with Gasteiger partial charge >= 0.3 is 0 Å². The van der Waals surface area contributed by atoms with Crippen molar-refractivity contribution >= 4 is 0 Å². The molecule has 0 amide bonds. The first-order valence-electron chi connectivity index (χ1n) is 3.95. The Hall–Kier alpha value is -0.200. The second-order valence-electron chi connectivity index (χ2n) is 3.04. The van der Waals surface area contributed by atoms with Gasteiger partial charge in [0.2, 0.25) is 0 Å². The summed E-state index contributed by atoms with van der Waals surface area (Å²) in [6, 6.07) is -0.524. The molecule has 5 atom stereocenters. The molecule has 1 aliphatic rings. The van der Waals surface area contributed by atoms with Crippen molar-refractivity contribution in [1.29, 1.82) is 0 Å². The third-order valence-corrected chi connectivity index (χ3v) is 2.12. The van der Waals surface area contributed by atoms with Gasteiger partial charge in [-0.2, -0.15) is 0 Å². The lowest BCUT2D eigenvalue weighted by Crippen LogP contribution is -2.44. The summed E-state index contributed by atoms with van der Waals surface area (Å²) in [4.78, 5) is 0. The first-order valence-corrected chi connectivity index (χ1v) is 3.95. The largest absolute Gasteiger partial charge is 0.391 e. The summed E-state index contributed by atoms with van der Waals surface area (Å²) in [5, 5.41) is 30.5. The Bertz CT molecular complexity index is 152. The molecule has 1 fully saturated rings. The molecule has 5 nitrogen and oxygen atoms in total. The standard InChI is InChI=1S/C7H15NO4/c1-3(9)6-5(10)4(8-2)7(11)12-6/h3-11H,1-2H3. The van der Waals surface area contributed by atoms with E-state index in [4.69, 9.17) is 9.84 Å². The maximum absolute atomic E-state index is 9.48. The Morgan fingerprint density at radius 3 is 2.25 bits per heavy atom. The Balaban J connectivity index is 2.62. The minimum Gasteiger partial charge on any atom is -0.391 e. The first kappa shape index (κ1) is 9.88. The molecule has 0 radical (unpaired) electrons. The van der Waals surface area contributed by atoms with E-state index in [0.717, 1.165) is 0 Å². The van der Waals surface area contributed by atoms with Crippen LogP contribution in [-0.4, -0.2) is 53.0 Å². The minimum absolute atomic E-state index is 0.524. The molecule has 5 heteroatoms. The number of rotatable bonds is 2. The highest BCUT2D eigenvalue weighted by molar-refractivity contribution is 4.92. The average Bonchev–Trinajstić information content (AvgIpc) is 2.27. The molecular formula is C7H15NO4. The monoisotopic (exact) mass is 177 g/mol. The lowest BCUT2D eigenvalue weighted by molar-refractivity contribution is -0.129. The Morgan fingerprint density at radius 1 is 1.42 bits per heavy atom. The van der Waals surface area contributed by atoms with Gasteiger partial charge in [0.25, 0.3) is 0 Å². The fraction of sp³-hybridized carbons (Fsp3) is 1.00. The SMILES string of the molecule is CNC1C(O)OC(C(C)O)C1O. The highest BCUT2D eigenvalue weighted by atomic mass is 16.6. The fourth-order valence-corrected chi connectivity index (χ4v) is 1.41. The number of likely N-dealkylation sites (N-methyl/N-ethyl adjacent to an activating group) is 1. The van der Waals surface area contributed by atoms with Crippen LogP contribution in [-0.2, 0) is 4.74 Å². The van der Waals surface area contributed by atoms with E-state index < -0.39 is 30.6 Å². The second kappa shape index (κ2) is 3.68. The molecule has 1 heterocycles. The molecule has 0 bridgehead atoms. The molecule has 0 aromatic carbocycles. The van der Waals surface area contributed by atoms with Crippen LogP contribution in [0.1, 0.15) is 6.92 Å². The van der Waals surface area contributed by atoms with Crippen molar-refractivity contribution in [3.8, 4) is 0 Å². The number of ether oxygens (including phenoxy) is 1. The summed E-state index contributed by atoms with van der Waals surface area (Å²) in [6.45, 7) is 1.51. The molecule has 4 N–H and O–H groups in total. The van der Waals surface area contributed by atoms with Gasteiger partial charge in [-0.3, -0.25) is 0 Å². The zero-order valence-corrected chi connectivity index (χ0v) is 7.14. The highest BCUT2D eigenvalue weighted by Gasteiger charge is 2.43. The summed E-state index contributed by atoms with van der Waals surface area (Å²) >= 11 is 0. The smallest absolute Gasteiger partial charge is 0.173 e. The summed E-state index contributed by atoms with van der Waals surface area (Å²) in [5.74, 6) is 0. The van der Waals surface area contributed by atoms with Gasteiger partial charge in [0.15, 0.2) is 6.29 Å². The zero-order valence-electron chi connectivity index (χ0n) is 7.14. The number of nitrogens with one attached hydrogen (secondary N) is 1. The van der Waals surface area contributed by atoms with E-state index in [2.05, 4.69) is 5.32 Å². The summed E-state index contributed by atoms with van der Waals surface area (Å²) < 4.78 is 4.93. The van der Waals surface area contributed by atoms with Crippen molar-refractivity contribution in [1.82, 2.24) is 5.32 Å². The van der Waals surface area contributed by atoms with Crippen LogP contribution in [0.5, 0.6) is 0 Å². The molecule has 0 aromatic heterocycles. The Kier molecular flexibility index (Phi) is 3.03. The minimum atomic E-state index is -1.05. The molecule has 0 aliphatic carbocycles.